The molecule has 5 atom stereocenters. The Morgan fingerprint density at radius 1 is 1.17 bits per heavy atom. The van der Waals surface area contributed by atoms with E-state index in [9.17, 15) is 13.2 Å². The van der Waals surface area contributed by atoms with Crippen LogP contribution >= 0.6 is 0 Å². The largest absolute Gasteiger partial charge is 0.389 e. The molecular formula is C14H22F3N. The van der Waals surface area contributed by atoms with Gasteiger partial charge < -0.3 is 5.32 Å². The zero-order valence-electron chi connectivity index (χ0n) is 10.8. The zero-order chi connectivity index (χ0) is 12.9. The van der Waals surface area contributed by atoms with Crippen LogP contribution in [0.15, 0.2) is 0 Å². The maximum absolute atomic E-state index is 12.4. The molecule has 2 bridgehead atoms. The molecule has 1 nitrogen and oxygen atoms in total. The van der Waals surface area contributed by atoms with Crippen LogP contribution < -0.4 is 5.32 Å². The standard InChI is InChI=1S/C14H22F3N/c1-2-18-10(5-6-14(15,16)17)13-11-8-3-4-9(7-8)12(11)13/h8-13,18H,2-7H2,1H3. The van der Waals surface area contributed by atoms with E-state index in [-0.39, 0.29) is 12.5 Å². The van der Waals surface area contributed by atoms with Gasteiger partial charge in [0.2, 0.25) is 0 Å². The third kappa shape index (κ3) is 2.17. The lowest BCUT2D eigenvalue weighted by Crippen LogP contribution is -2.34. The van der Waals surface area contributed by atoms with Crippen molar-refractivity contribution in [2.24, 2.45) is 29.6 Å². The van der Waals surface area contributed by atoms with Gasteiger partial charge in [-0.3, -0.25) is 0 Å². The van der Waals surface area contributed by atoms with Gasteiger partial charge in [-0.25, -0.2) is 0 Å². The van der Waals surface area contributed by atoms with E-state index >= 15 is 0 Å². The smallest absolute Gasteiger partial charge is 0.314 e. The second-order valence-corrected chi connectivity index (χ2v) is 6.38. The normalized spacial score (nSPS) is 43.0. The summed E-state index contributed by atoms with van der Waals surface area (Å²) in [5.74, 6) is 3.77. The minimum Gasteiger partial charge on any atom is -0.314 e. The summed E-state index contributed by atoms with van der Waals surface area (Å²) in [6.07, 6.45) is -0.327. The molecule has 104 valence electrons. The summed E-state index contributed by atoms with van der Waals surface area (Å²) in [7, 11) is 0. The van der Waals surface area contributed by atoms with Crippen LogP contribution in [-0.2, 0) is 0 Å². The molecule has 0 aliphatic heterocycles. The molecule has 3 saturated carbocycles. The highest BCUT2D eigenvalue weighted by molar-refractivity contribution is 5.15. The Morgan fingerprint density at radius 2 is 1.78 bits per heavy atom. The number of halogens is 3. The molecule has 3 fully saturated rings. The number of hydrogen-bond donors (Lipinski definition) is 1. The molecule has 1 N–H and O–H groups in total. The SMILES string of the molecule is CCNC(CCC(F)(F)F)C1C2C3CCC(C3)C21. The lowest BCUT2D eigenvalue weighted by molar-refractivity contribution is -0.137. The minimum absolute atomic E-state index is 0.107. The van der Waals surface area contributed by atoms with Crippen LogP contribution in [0.2, 0.25) is 0 Å². The predicted molar refractivity (Wildman–Crippen MR) is 64.1 cm³/mol. The van der Waals surface area contributed by atoms with E-state index in [4.69, 9.17) is 0 Å². The van der Waals surface area contributed by atoms with Gasteiger partial charge in [-0.05, 0) is 61.8 Å². The Morgan fingerprint density at radius 3 is 2.28 bits per heavy atom. The van der Waals surface area contributed by atoms with Gasteiger partial charge in [0.15, 0.2) is 0 Å². The van der Waals surface area contributed by atoms with Gasteiger partial charge in [-0.1, -0.05) is 6.92 Å². The van der Waals surface area contributed by atoms with Crippen molar-refractivity contribution in [1.82, 2.24) is 5.32 Å². The lowest BCUT2D eigenvalue weighted by Gasteiger charge is -2.22. The maximum Gasteiger partial charge on any atom is 0.389 e. The molecular weight excluding hydrogens is 239 g/mol. The Bertz CT molecular complexity index is 299. The number of hydrogen-bond acceptors (Lipinski definition) is 1. The van der Waals surface area contributed by atoms with Gasteiger partial charge in [0.1, 0.15) is 0 Å². The van der Waals surface area contributed by atoms with E-state index in [1.54, 1.807) is 0 Å². The van der Waals surface area contributed by atoms with E-state index in [0.29, 0.717) is 5.92 Å². The first-order valence-electron chi connectivity index (χ1n) is 7.31. The highest BCUT2D eigenvalue weighted by atomic mass is 19.4. The lowest BCUT2D eigenvalue weighted by atomic mass is 9.94. The predicted octanol–water partition coefficient (Wildman–Crippen LogP) is 3.60. The van der Waals surface area contributed by atoms with Gasteiger partial charge in [-0.2, -0.15) is 13.2 Å². The quantitative estimate of drug-likeness (QED) is 0.797. The van der Waals surface area contributed by atoms with Crippen molar-refractivity contribution < 1.29 is 13.2 Å². The minimum atomic E-state index is -4.00. The fraction of sp³-hybridized carbons (Fsp3) is 1.00. The Kier molecular flexibility index (Phi) is 3.12. The molecule has 0 aromatic rings. The van der Waals surface area contributed by atoms with Crippen LogP contribution in [0, 0.1) is 29.6 Å². The average Bonchev–Trinajstić information content (AvgIpc) is 2.72. The maximum atomic E-state index is 12.4. The second kappa shape index (κ2) is 4.39. The topological polar surface area (TPSA) is 12.0 Å². The molecule has 3 aliphatic carbocycles. The van der Waals surface area contributed by atoms with Crippen molar-refractivity contribution in [2.45, 2.75) is 51.2 Å². The van der Waals surface area contributed by atoms with Gasteiger partial charge in [0.05, 0.1) is 0 Å². The first-order valence-corrected chi connectivity index (χ1v) is 7.31. The summed E-state index contributed by atoms with van der Waals surface area (Å²) < 4.78 is 37.1. The summed E-state index contributed by atoms with van der Waals surface area (Å²) in [6.45, 7) is 2.78. The molecule has 4 heteroatoms. The number of nitrogens with one attached hydrogen (secondary N) is 1. The second-order valence-electron chi connectivity index (χ2n) is 6.38. The third-order valence-corrected chi connectivity index (χ3v) is 5.46. The average molecular weight is 261 g/mol. The van der Waals surface area contributed by atoms with Crippen molar-refractivity contribution in [3.63, 3.8) is 0 Å². The van der Waals surface area contributed by atoms with E-state index < -0.39 is 12.6 Å². The van der Waals surface area contributed by atoms with Crippen LogP contribution in [0.5, 0.6) is 0 Å². The third-order valence-electron chi connectivity index (χ3n) is 5.46. The number of rotatable bonds is 5. The molecule has 3 aliphatic rings. The van der Waals surface area contributed by atoms with Crippen LogP contribution in [0.25, 0.3) is 0 Å². The summed E-state index contributed by atoms with van der Waals surface area (Å²) in [5.41, 5.74) is 0. The fourth-order valence-corrected chi connectivity index (χ4v) is 4.94. The van der Waals surface area contributed by atoms with E-state index in [1.807, 2.05) is 6.92 Å². The van der Waals surface area contributed by atoms with Gasteiger partial charge in [0, 0.05) is 12.5 Å². The highest BCUT2D eigenvalue weighted by Gasteiger charge is 2.66. The summed E-state index contributed by atoms with van der Waals surface area (Å²) >= 11 is 0. The Labute approximate surface area is 107 Å². The number of fused-ring (bicyclic) bond motifs is 5. The van der Waals surface area contributed by atoms with Gasteiger partial charge in [0.25, 0.3) is 0 Å². The molecule has 0 radical (unpaired) electrons. The Balaban J connectivity index is 1.58. The number of alkyl halides is 3. The fourth-order valence-electron chi connectivity index (χ4n) is 4.94. The molecule has 0 aromatic carbocycles. The summed E-state index contributed by atoms with van der Waals surface area (Å²) in [5, 5.41) is 3.31. The molecule has 0 spiro atoms. The van der Waals surface area contributed by atoms with Gasteiger partial charge in [-0.15, -0.1) is 0 Å². The molecule has 0 aromatic heterocycles. The molecule has 5 unspecified atom stereocenters. The first-order chi connectivity index (χ1) is 8.51. The highest BCUT2D eigenvalue weighted by Crippen LogP contribution is 2.70. The monoisotopic (exact) mass is 261 g/mol. The van der Waals surface area contributed by atoms with Crippen LogP contribution in [0.3, 0.4) is 0 Å². The molecule has 0 amide bonds. The van der Waals surface area contributed by atoms with E-state index in [0.717, 1.165) is 30.2 Å². The van der Waals surface area contributed by atoms with Gasteiger partial charge >= 0.3 is 6.18 Å². The van der Waals surface area contributed by atoms with Crippen LogP contribution in [-0.4, -0.2) is 18.8 Å². The Hall–Kier alpha value is -0.250. The van der Waals surface area contributed by atoms with Crippen molar-refractivity contribution in [1.29, 1.82) is 0 Å². The molecule has 0 heterocycles. The summed E-state index contributed by atoms with van der Waals surface area (Å²) in [6, 6.07) is 0.107. The van der Waals surface area contributed by atoms with Crippen molar-refractivity contribution in [3.05, 3.63) is 0 Å². The molecule has 18 heavy (non-hydrogen) atoms. The molecule has 3 rings (SSSR count). The van der Waals surface area contributed by atoms with Crippen molar-refractivity contribution in [2.75, 3.05) is 6.54 Å². The van der Waals surface area contributed by atoms with Crippen LogP contribution in [0.1, 0.15) is 39.0 Å². The summed E-state index contributed by atoms with van der Waals surface area (Å²) in [4.78, 5) is 0. The first kappa shape index (κ1) is 12.8. The van der Waals surface area contributed by atoms with Crippen molar-refractivity contribution in [3.8, 4) is 0 Å². The van der Waals surface area contributed by atoms with E-state index in [2.05, 4.69) is 5.32 Å². The van der Waals surface area contributed by atoms with Crippen molar-refractivity contribution >= 4 is 0 Å². The molecule has 0 saturated heterocycles. The van der Waals surface area contributed by atoms with E-state index in [1.165, 1.54) is 19.3 Å². The van der Waals surface area contributed by atoms with Crippen LogP contribution in [0.4, 0.5) is 13.2 Å². The zero-order valence-corrected chi connectivity index (χ0v) is 10.8.